The van der Waals surface area contributed by atoms with E-state index in [-0.39, 0.29) is 17.7 Å². The number of amides is 2. The summed E-state index contributed by atoms with van der Waals surface area (Å²) < 4.78 is 0. The Labute approximate surface area is 186 Å². The predicted octanol–water partition coefficient (Wildman–Crippen LogP) is 2.29. The number of benzene rings is 1. The zero-order valence-corrected chi connectivity index (χ0v) is 17.9. The lowest BCUT2D eigenvalue weighted by molar-refractivity contribution is -0.143. The molecule has 0 aromatic heterocycles. The SMILES string of the molecule is O=C(c1ccc(C2=CC3=NN=C(C4CC4)C3C=C2)cc1)N1CCN(C(=O)C2(O)CC2)CC1. The first-order valence-corrected chi connectivity index (χ1v) is 11.5. The van der Waals surface area contributed by atoms with Gasteiger partial charge < -0.3 is 14.9 Å². The Kier molecular flexibility index (Phi) is 4.43. The van der Waals surface area contributed by atoms with Gasteiger partial charge in [0.25, 0.3) is 11.8 Å². The van der Waals surface area contributed by atoms with Crippen molar-refractivity contribution in [2.45, 2.75) is 31.3 Å². The summed E-state index contributed by atoms with van der Waals surface area (Å²) in [6.45, 7) is 1.91. The summed E-state index contributed by atoms with van der Waals surface area (Å²) in [6.07, 6.45) is 9.98. The minimum absolute atomic E-state index is 0.0235. The van der Waals surface area contributed by atoms with Gasteiger partial charge >= 0.3 is 0 Å². The van der Waals surface area contributed by atoms with Crippen LogP contribution in [0.1, 0.15) is 41.6 Å². The number of allylic oxidation sites excluding steroid dienone is 4. The second kappa shape index (κ2) is 7.24. The van der Waals surface area contributed by atoms with Gasteiger partial charge in [0.15, 0.2) is 0 Å². The maximum atomic E-state index is 12.9. The van der Waals surface area contributed by atoms with Crippen LogP contribution < -0.4 is 0 Å². The second-order valence-electron chi connectivity index (χ2n) is 9.45. The third-order valence-electron chi connectivity index (χ3n) is 7.13. The highest BCUT2D eigenvalue weighted by Gasteiger charge is 2.50. The number of carbonyl (C=O) groups is 2. The predicted molar refractivity (Wildman–Crippen MR) is 121 cm³/mol. The third kappa shape index (κ3) is 3.41. The van der Waals surface area contributed by atoms with Crippen molar-refractivity contribution in [3.05, 3.63) is 53.6 Å². The molecule has 2 saturated carbocycles. The first-order chi connectivity index (χ1) is 15.5. The van der Waals surface area contributed by atoms with E-state index in [1.54, 1.807) is 9.80 Å². The van der Waals surface area contributed by atoms with E-state index in [2.05, 4.69) is 28.4 Å². The molecule has 3 aliphatic carbocycles. The van der Waals surface area contributed by atoms with Crippen molar-refractivity contribution in [2.75, 3.05) is 26.2 Å². The zero-order chi connectivity index (χ0) is 21.9. The Morgan fingerprint density at radius 1 is 0.969 bits per heavy atom. The Morgan fingerprint density at radius 2 is 1.66 bits per heavy atom. The molecule has 2 heterocycles. The molecule has 0 spiro atoms. The van der Waals surface area contributed by atoms with Gasteiger partial charge in [-0.25, -0.2) is 0 Å². The van der Waals surface area contributed by atoms with Crippen molar-refractivity contribution in [3.8, 4) is 0 Å². The normalized spacial score (nSPS) is 25.7. The molecule has 5 aliphatic rings. The number of carbonyl (C=O) groups excluding carboxylic acids is 2. The van der Waals surface area contributed by atoms with Gasteiger partial charge in [0.1, 0.15) is 5.60 Å². The highest BCUT2D eigenvalue weighted by molar-refractivity contribution is 6.21. The number of rotatable bonds is 4. The molecule has 1 unspecified atom stereocenters. The monoisotopic (exact) mass is 430 g/mol. The molecule has 3 fully saturated rings. The molecule has 2 amide bonds. The summed E-state index contributed by atoms with van der Waals surface area (Å²) in [7, 11) is 0. The van der Waals surface area contributed by atoms with Crippen LogP contribution in [0.4, 0.5) is 0 Å². The molecule has 1 saturated heterocycles. The minimum Gasteiger partial charge on any atom is -0.380 e. The fourth-order valence-electron chi connectivity index (χ4n) is 4.74. The van der Waals surface area contributed by atoms with Crippen LogP contribution in [0.3, 0.4) is 0 Å². The van der Waals surface area contributed by atoms with Crippen molar-refractivity contribution in [2.24, 2.45) is 22.0 Å². The van der Waals surface area contributed by atoms with Gasteiger partial charge in [0.2, 0.25) is 0 Å². The third-order valence-corrected chi connectivity index (χ3v) is 7.13. The van der Waals surface area contributed by atoms with Crippen molar-refractivity contribution >= 4 is 28.8 Å². The number of hydrogen-bond donors (Lipinski definition) is 1. The molecule has 0 bridgehead atoms. The summed E-state index contributed by atoms with van der Waals surface area (Å²) in [5.74, 6) is 0.638. The summed E-state index contributed by atoms with van der Waals surface area (Å²) in [6, 6.07) is 7.69. The van der Waals surface area contributed by atoms with E-state index in [0.717, 1.165) is 16.8 Å². The van der Waals surface area contributed by atoms with Gasteiger partial charge in [-0.05, 0) is 55.0 Å². The van der Waals surface area contributed by atoms with Gasteiger partial charge in [-0.15, -0.1) is 0 Å². The van der Waals surface area contributed by atoms with E-state index in [9.17, 15) is 14.7 Å². The van der Waals surface area contributed by atoms with Gasteiger partial charge in [0, 0.05) is 37.7 Å². The zero-order valence-electron chi connectivity index (χ0n) is 17.9. The number of piperazine rings is 1. The molecule has 1 aromatic carbocycles. The molecule has 7 nitrogen and oxygen atoms in total. The Morgan fingerprint density at radius 3 is 2.31 bits per heavy atom. The van der Waals surface area contributed by atoms with Gasteiger partial charge in [-0.3, -0.25) is 9.59 Å². The smallest absolute Gasteiger partial charge is 0.254 e. The van der Waals surface area contributed by atoms with Crippen LogP contribution in [0.15, 0.2) is 52.7 Å². The second-order valence-corrected chi connectivity index (χ2v) is 9.45. The Hall–Kier alpha value is -3.06. The molecule has 2 aliphatic heterocycles. The molecule has 1 atom stereocenters. The van der Waals surface area contributed by atoms with Crippen LogP contribution in [0.5, 0.6) is 0 Å². The highest BCUT2D eigenvalue weighted by atomic mass is 16.3. The van der Waals surface area contributed by atoms with Crippen LogP contribution in [0.2, 0.25) is 0 Å². The van der Waals surface area contributed by atoms with E-state index in [4.69, 9.17) is 0 Å². The number of fused-ring (bicyclic) bond motifs is 1. The maximum Gasteiger partial charge on any atom is 0.254 e. The molecule has 1 N–H and O–H groups in total. The van der Waals surface area contributed by atoms with Crippen molar-refractivity contribution in [1.29, 1.82) is 0 Å². The molecule has 1 aromatic rings. The van der Waals surface area contributed by atoms with Crippen LogP contribution in [-0.2, 0) is 4.79 Å². The molecule has 164 valence electrons. The lowest BCUT2D eigenvalue weighted by Crippen LogP contribution is -2.53. The standard InChI is InChI=1S/C25H26N4O3/c30-23(28-11-13-29(14-12-28)24(31)25(32)9-10-25)18-5-1-16(2-6-18)19-7-8-20-21(15-19)26-27-22(20)17-3-4-17/h1-2,5-8,15,17,20,32H,3-4,9-14H2. The summed E-state index contributed by atoms with van der Waals surface area (Å²) in [5.41, 5.74) is 3.85. The van der Waals surface area contributed by atoms with Crippen molar-refractivity contribution < 1.29 is 14.7 Å². The summed E-state index contributed by atoms with van der Waals surface area (Å²) in [4.78, 5) is 28.7. The van der Waals surface area contributed by atoms with Crippen molar-refractivity contribution in [1.82, 2.24) is 9.80 Å². The van der Waals surface area contributed by atoms with Gasteiger partial charge in [-0.2, -0.15) is 10.2 Å². The Balaban J connectivity index is 1.09. The van der Waals surface area contributed by atoms with Crippen LogP contribution in [0, 0.1) is 11.8 Å². The lowest BCUT2D eigenvalue weighted by atomic mass is 9.87. The average Bonchev–Trinajstić information content (AvgIpc) is 3.77. The molecule has 6 rings (SSSR count). The number of hydrogen-bond acceptors (Lipinski definition) is 5. The van der Waals surface area contributed by atoms with Gasteiger partial charge in [0.05, 0.1) is 17.3 Å². The topological polar surface area (TPSA) is 85.6 Å². The first kappa shape index (κ1) is 19.6. The molecular weight excluding hydrogens is 404 g/mol. The quantitative estimate of drug-likeness (QED) is 0.795. The Bertz CT molecular complexity index is 1100. The van der Waals surface area contributed by atoms with E-state index >= 15 is 0 Å². The first-order valence-electron chi connectivity index (χ1n) is 11.5. The van der Waals surface area contributed by atoms with Gasteiger partial charge in [-0.1, -0.05) is 24.3 Å². The van der Waals surface area contributed by atoms with Crippen molar-refractivity contribution in [3.63, 3.8) is 0 Å². The highest BCUT2D eigenvalue weighted by Crippen LogP contribution is 2.39. The number of nitrogens with zero attached hydrogens (tertiary/aromatic N) is 4. The molecule has 7 heteroatoms. The fraction of sp³-hybridized carbons (Fsp3) is 0.440. The number of aliphatic hydroxyl groups is 1. The summed E-state index contributed by atoms with van der Waals surface area (Å²) >= 11 is 0. The average molecular weight is 431 g/mol. The van der Waals surface area contributed by atoms with Crippen LogP contribution in [0.25, 0.3) is 5.57 Å². The molecular formula is C25H26N4O3. The molecule has 32 heavy (non-hydrogen) atoms. The van der Waals surface area contributed by atoms with Crippen LogP contribution in [-0.4, -0.2) is 69.9 Å². The van der Waals surface area contributed by atoms with E-state index in [0.29, 0.717) is 50.5 Å². The summed E-state index contributed by atoms with van der Waals surface area (Å²) in [5, 5.41) is 18.8. The lowest BCUT2D eigenvalue weighted by Gasteiger charge is -2.35. The fourth-order valence-corrected chi connectivity index (χ4v) is 4.74. The van der Waals surface area contributed by atoms with E-state index < -0.39 is 5.60 Å². The minimum atomic E-state index is -1.14. The van der Waals surface area contributed by atoms with Crippen LogP contribution >= 0.6 is 0 Å². The largest absolute Gasteiger partial charge is 0.380 e. The van der Waals surface area contributed by atoms with E-state index in [1.807, 2.05) is 24.3 Å². The molecule has 0 radical (unpaired) electrons. The van der Waals surface area contributed by atoms with E-state index in [1.165, 1.54) is 18.6 Å². The maximum absolute atomic E-state index is 12.9.